The second kappa shape index (κ2) is 6.56. The maximum absolute atomic E-state index is 12.1. The van der Waals surface area contributed by atoms with Gasteiger partial charge in [-0.15, -0.1) is 11.3 Å². The third-order valence-electron chi connectivity index (χ3n) is 3.33. The third kappa shape index (κ3) is 3.63. The van der Waals surface area contributed by atoms with Crippen molar-refractivity contribution >= 4 is 44.7 Å². The van der Waals surface area contributed by atoms with Crippen molar-refractivity contribution in [2.24, 2.45) is 0 Å². The van der Waals surface area contributed by atoms with E-state index in [0.717, 1.165) is 27.2 Å². The fraction of sp³-hybridized carbons (Fsp3) is 0.176. The number of hydrogen-bond donors (Lipinski definition) is 1. The first kappa shape index (κ1) is 15.8. The Labute approximate surface area is 143 Å². The van der Waals surface area contributed by atoms with Crippen LogP contribution in [0.5, 0.6) is 5.75 Å². The van der Waals surface area contributed by atoms with Crippen molar-refractivity contribution in [2.75, 3.05) is 11.9 Å². The highest BCUT2D eigenvalue weighted by molar-refractivity contribution is 7.17. The molecule has 1 N–H and O–H groups in total. The Hall–Kier alpha value is -2.11. The van der Waals surface area contributed by atoms with Crippen molar-refractivity contribution in [1.29, 1.82) is 0 Å². The van der Waals surface area contributed by atoms with Crippen LogP contribution in [0.25, 0.3) is 10.2 Å². The molecular formula is C17H15ClN2O2S. The summed E-state index contributed by atoms with van der Waals surface area (Å²) < 4.78 is 5.45. The number of hydrogen-bond acceptors (Lipinski definition) is 4. The van der Waals surface area contributed by atoms with Crippen molar-refractivity contribution in [3.63, 3.8) is 0 Å². The van der Waals surface area contributed by atoms with E-state index in [1.807, 2.05) is 25.3 Å². The molecule has 3 aromatic rings. The smallest absolute Gasteiger partial charge is 0.262 e. The lowest BCUT2D eigenvalue weighted by molar-refractivity contribution is -0.118. The molecule has 2 aromatic heterocycles. The quantitative estimate of drug-likeness (QED) is 0.752. The van der Waals surface area contributed by atoms with Gasteiger partial charge >= 0.3 is 0 Å². The monoisotopic (exact) mass is 346 g/mol. The number of aryl methyl sites for hydroxylation is 2. The van der Waals surface area contributed by atoms with Crippen molar-refractivity contribution in [3.05, 3.63) is 52.0 Å². The average molecular weight is 347 g/mol. The molecule has 2 heterocycles. The first-order valence-electron chi connectivity index (χ1n) is 7.06. The Morgan fingerprint density at radius 1 is 1.30 bits per heavy atom. The molecule has 4 nitrogen and oxygen atoms in total. The number of carbonyl (C=O) groups is 1. The number of benzene rings is 1. The van der Waals surface area contributed by atoms with Crippen LogP contribution in [-0.4, -0.2) is 17.5 Å². The Bertz CT molecular complexity index is 859. The van der Waals surface area contributed by atoms with E-state index in [2.05, 4.69) is 10.3 Å². The van der Waals surface area contributed by atoms with Crippen LogP contribution in [0, 0.1) is 13.8 Å². The molecule has 0 radical (unpaired) electrons. The van der Waals surface area contributed by atoms with Gasteiger partial charge in [-0.3, -0.25) is 4.79 Å². The van der Waals surface area contributed by atoms with Crippen LogP contribution in [0.2, 0.25) is 5.02 Å². The average Bonchev–Trinajstić information content (AvgIpc) is 2.89. The number of rotatable bonds is 4. The molecular weight excluding hydrogens is 332 g/mol. The van der Waals surface area contributed by atoms with Gasteiger partial charge in [-0.2, -0.15) is 0 Å². The molecule has 0 fully saturated rings. The van der Waals surface area contributed by atoms with Crippen molar-refractivity contribution in [2.45, 2.75) is 13.8 Å². The minimum atomic E-state index is -0.209. The summed E-state index contributed by atoms with van der Waals surface area (Å²) in [7, 11) is 0. The summed E-state index contributed by atoms with van der Waals surface area (Å²) in [5.74, 6) is 0.396. The Balaban J connectivity index is 1.69. The molecule has 118 valence electrons. The maximum atomic E-state index is 12.1. The molecule has 6 heteroatoms. The third-order valence-corrected chi connectivity index (χ3v) is 4.45. The van der Waals surface area contributed by atoms with Crippen LogP contribution in [0.4, 0.5) is 5.69 Å². The molecule has 1 amide bonds. The van der Waals surface area contributed by atoms with E-state index in [-0.39, 0.29) is 12.5 Å². The SMILES string of the molecule is Cc1cc(C)c2c(NC(=O)COc3ccc(Cl)cc3)csc2n1. The molecule has 0 aliphatic heterocycles. The normalized spacial score (nSPS) is 10.7. The summed E-state index contributed by atoms with van der Waals surface area (Å²) >= 11 is 7.33. The molecule has 0 spiro atoms. The minimum absolute atomic E-state index is 0.0582. The van der Waals surface area contributed by atoms with Crippen LogP contribution in [0.15, 0.2) is 35.7 Å². The Morgan fingerprint density at radius 2 is 2.04 bits per heavy atom. The number of nitrogens with one attached hydrogen (secondary N) is 1. The van der Waals surface area contributed by atoms with Gasteiger partial charge in [-0.05, 0) is 49.7 Å². The first-order valence-corrected chi connectivity index (χ1v) is 8.32. The molecule has 3 rings (SSSR count). The van der Waals surface area contributed by atoms with E-state index in [4.69, 9.17) is 16.3 Å². The summed E-state index contributed by atoms with van der Waals surface area (Å²) in [5, 5.41) is 6.41. The van der Waals surface area contributed by atoms with Crippen LogP contribution in [0.3, 0.4) is 0 Å². The zero-order valence-electron chi connectivity index (χ0n) is 12.7. The van der Waals surface area contributed by atoms with Crippen LogP contribution in [0.1, 0.15) is 11.3 Å². The highest BCUT2D eigenvalue weighted by Gasteiger charge is 2.12. The topological polar surface area (TPSA) is 51.2 Å². The number of amides is 1. The van der Waals surface area contributed by atoms with Gasteiger partial charge in [0, 0.05) is 21.5 Å². The van der Waals surface area contributed by atoms with E-state index in [9.17, 15) is 4.79 Å². The molecule has 0 aliphatic carbocycles. The summed E-state index contributed by atoms with van der Waals surface area (Å²) in [6.45, 7) is 3.92. The lowest BCUT2D eigenvalue weighted by atomic mass is 10.1. The maximum Gasteiger partial charge on any atom is 0.262 e. The minimum Gasteiger partial charge on any atom is -0.484 e. The van der Waals surface area contributed by atoms with Gasteiger partial charge in [0.25, 0.3) is 5.91 Å². The van der Waals surface area contributed by atoms with E-state index >= 15 is 0 Å². The van der Waals surface area contributed by atoms with Crippen molar-refractivity contribution in [1.82, 2.24) is 4.98 Å². The van der Waals surface area contributed by atoms with E-state index < -0.39 is 0 Å². The van der Waals surface area contributed by atoms with Gasteiger partial charge < -0.3 is 10.1 Å². The molecule has 0 atom stereocenters. The van der Waals surface area contributed by atoms with E-state index in [0.29, 0.717) is 10.8 Å². The molecule has 0 bridgehead atoms. The fourth-order valence-electron chi connectivity index (χ4n) is 2.35. The van der Waals surface area contributed by atoms with Crippen molar-refractivity contribution < 1.29 is 9.53 Å². The largest absolute Gasteiger partial charge is 0.484 e. The molecule has 0 saturated carbocycles. The predicted molar refractivity (Wildman–Crippen MR) is 94.7 cm³/mol. The fourth-order valence-corrected chi connectivity index (χ4v) is 3.46. The van der Waals surface area contributed by atoms with Gasteiger partial charge in [-0.25, -0.2) is 4.98 Å². The molecule has 0 saturated heterocycles. The number of fused-ring (bicyclic) bond motifs is 1. The summed E-state index contributed by atoms with van der Waals surface area (Å²) in [6, 6.07) is 8.91. The number of nitrogens with zero attached hydrogens (tertiary/aromatic N) is 1. The summed E-state index contributed by atoms with van der Waals surface area (Å²) in [4.78, 5) is 17.5. The zero-order chi connectivity index (χ0) is 16.4. The van der Waals surface area contributed by atoms with Gasteiger partial charge in [0.05, 0.1) is 5.69 Å². The van der Waals surface area contributed by atoms with Crippen LogP contribution in [-0.2, 0) is 4.79 Å². The number of anilines is 1. The molecule has 1 aromatic carbocycles. The van der Waals surface area contributed by atoms with Crippen molar-refractivity contribution in [3.8, 4) is 5.75 Å². The van der Waals surface area contributed by atoms with Gasteiger partial charge in [-0.1, -0.05) is 11.6 Å². The second-order valence-electron chi connectivity index (χ2n) is 5.20. The predicted octanol–water partition coefficient (Wildman–Crippen LogP) is 4.58. The number of aromatic nitrogens is 1. The number of ether oxygens (including phenoxy) is 1. The summed E-state index contributed by atoms with van der Waals surface area (Å²) in [5.41, 5.74) is 2.85. The van der Waals surface area contributed by atoms with Crippen LogP contribution < -0.4 is 10.1 Å². The van der Waals surface area contributed by atoms with Gasteiger partial charge in [0.15, 0.2) is 6.61 Å². The number of halogens is 1. The Morgan fingerprint density at radius 3 is 2.78 bits per heavy atom. The Kier molecular flexibility index (Phi) is 4.50. The molecule has 0 unspecified atom stereocenters. The van der Waals surface area contributed by atoms with E-state index in [1.165, 1.54) is 11.3 Å². The highest BCUT2D eigenvalue weighted by Crippen LogP contribution is 2.31. The number of carbonyl (C=O) groups excluding carboxylic acids is 1. The van der Waals surface area contributed by atoms with Gasteiger partial charge in [0.2, 0.25) is 0 Å². The first-order chi connectivity index (χ1) is 11.0. The highest BCUT2D eigenvalue weighted by atomic mass is 35.5. The lowest BCUT2D eigenvalue weighted by Crippen LogP contribution is -2.20. The summed E-state index contributed by atoms with van der Waals surface area (Å²) in [6.07, 6.45) is 0. The second-order valence-corrected chi connectivity index (χ2v) is 6.50. The number of thiophene rings is 1. The molecule has 0 aliphatic rings. The van der Waals surface area contributed by atoms with Crippen LogP contribution >= 0.6 is 22.9 Å². The van der Waals surface area contributed by atoms with E-state index in [1.54, 1.807) is 24.3 Å². The zero-order valence-corrected chi connectivity index (χ0v) is 14.3. The van der Waals surface area contributed by atoms with Gasteiger partial charge in [0.1, 0.15) is 10.6 Å². The molecule has 23 heavy (non-hydrogen) atoms. The lowest BCUT2D eigenvalue weighted by Gasteiger charge is -2.08. The standard InChI is InChI=1S/C17H15ClN2O2S/c1-10-7-11(2)19-17-16(10)14(9-23-17)20-15(21)8-22-13-5-3-12(18)4-6-13/h3-7,9H,8H2,1-2H3,(H,20,21). The number of pyridine rings is 1.